The number of halogens is 2. The number of ether oxygens (including phenoxy) is 1. The lowest BCUT2D eigenvalue weighted by Crippen LogP contribution is -2.45. The molecule has 12 heteroatoms. The normalized spacial score (nSPS) is 14.9. The summed E-state index contributed by atoms with van der Waals surface area (Å²) in [5, 5.41) is 10.2. The van der Waals surface area contributed by atoms with Crippen LogP contribution in [0.5, 0.6) is 0 Å². The fraction of sp³-hybridized carbons (Fsp3) is 0.500. The number of rotatable bonds is 5. The zero-order valence-electron chi connectivity index (χ0n) is 21.9. The van der Waals surface area contributed by atoms with Gasteiger partial charge in [-0.1, -0.05) is 62.8 Å². The average Bonchev–Trinajstić information content (AvgIpc) is 3.24. The van der Waals surface area contributed by atoms with Gasteiger partial charge in [0, 0.05) is 10.6 Å². The number of nitrogens with one attached hydrogen (secondary N) is 2. The summed E-state index contributed by atoms with van der Waals surface area (Å²) in [5.41, 5.74) is 0.428. The molecular formula is C24H33Cl2N5O4Si. The Morgan fingerprint density at radius 3 is 2.25 bits per heavy atom. The second kappa shape index (κ2) is 9.72. The minimum Gasteiger partial charge on any atom is -0.448 e. The third-order valence-corrected chi connectivity index (χ3v) is 11.7. The zero-order chi connectivity index (χ0) is 27.2. The molecule has 3 amide bonds. The van der Waals surface area contributed by atoms with Crippen molar-refractivity contribution in [3.05, 3.63) is 39.5 Å². The summed E-state index contributed by atoms with van der Waals surface area (Å²) in [4.78, 5) is 41.1. The molecule has 0 saturated carbocycles. The summed E-state index contributed by atoms with van der Waals surface area (Å²) in [5.74, 6) is -0.0163. The SMILES string of the molecule is CCOC(=O)n1nc2c(c1NC(=O)C(C)(C)[Si](C)(C)C)CN(C(=O)Nc1c(Cl)cccc1Cl)C2(C)C. The van der Waals surface area contributed by atoms with Crippen molar-refractivity contribution in [2.75, 3.05) is 17.2 Å². The summed E-state index contributed by atoms with van der Waals surface area (Å²) < 4.78 is 6.26. The van der Waals surface area contributed by atoms with Gasteiger partial charge in [-0.3, -0.25) is 4.79 Å². The molecule has 0 bridgehead atoms. The largest absolute Gasteiger partial charge is 0.448 e. The number of anilines is 2. The predicted octanol–water partition coefficient (Wildman–Crippen LogP) is 6.53. The number of benzene rings is 1. The van der Waals surface area contributed by atoms with Crippen molar-refractivity contribution in [1.29, 1.82) is 0 Å². The number of hydrogen-bond acceptors (Lipinski definition) is 5. The van der Waals surface area contributed by atoms with E-state index in [1.165, 1.54) is 0 Å². The van der Waals surface area contributed by atoms with Crippen molar-refractivity contribution >= 4 is 60.8 Å². The van der Waals surface area contributed by atoms with Gasteiger partial charge in [0.25, 0.3) is 0 Å². The molecule has 196 valence electrons. The maximum absolute atomic E-state index is 13.4. The van der Waals surface area contributed by atoms with Gasteiger partial charge in [0.2, 0.25) is 5.91 Å². The van der Waals surface area contributed by atoms with Gasteiger partial charge in [0.15, 0.2) is 0 Å². The average molecular weight is 555 g/mol. The summed E-state index contributed by atoms with van der Waals surface area (Å²) in [6, 6.07) is 4.50. The number of urea groups is 1. The lowest BCUT2D eigenvalue weighted by molar-refractivity contribution is -0.118. The minimum absolute atomic E-state index is 0.0959. The number of nitrogens with zero attached hydrogens (tertiary/aromatic N) is 3. The fourth-order valence-electron chi connectivity index (χ4n) is 3.74. The van der Waals surface area contributed by atoms with Gasteiger partial charge < -0.3 is 20.3 Å². The van der Waals surface area contributed by atoms with Crippen LogP contribution in [0.3, 0.4) is 0 Å². The first-order valence-electron chi connectivity index (χ1n) is 11.7. The lowest BCUT2D eigenvalue weighted by atomic mass is 10.0. The first-order chi connectivity index (χ1) is 16.5. The van der Waals surface area contributed by atoms with Crippen molar-refractivity contribution in [3.63, 3.8) is 0 Å². The Morgan fingerprint density at radius 2 is 1.72 bits per heavy atom. The number of hydrogen-bond donors (Lipinski definition) is 2. The molecule has 2 N–H and O–H groups in total. The van der Waals surface area contributed by atoms with Crippen LogP contribution in [0.2, 0.25) is 34.7 Å². The summed E-state index contributed by atoms with van der Waals surface area (Å²) in [6.07, 6.45) is -0.706. The van der Waals surface area contributed by atoms with Crippen LogP contribution in [-0.4, -0.2) is 47.4 Å². The van der Waals surface area contributed by atoms with Crippen molar-refractivity contribution in [1.82, 2.24) is 14.7 Å². The molecule has 1 aromatic heterocycles. The lowest BCUT2D eigenvalue weighted by Gasteiger charge is -2.35. The molecule has 3 rings (SSSR count). The van der Waals surface area contributed by atoms with E-state index < -0.39 is 30.8 Å². The zero-order valence-corrected chi connectivity index (χ0v) is 24.4. The van der Waals surface area contributed by atoms with Gasteiger partial charge in [-0.15, -0.1) is 4.68 Å². The molecule has 0 unspecified atom stereocenters. The van der Waals surface area contributed by atoms with E-state index in [9.17, 15) is 14.4 Å². The Morgan fingerprint density at radius 1 is 1.14 bits per heavy atom. The number of carbonyl (C=O) groups is 3. The standard InChI is InChI=1S/C24H33Cl2N5O4Si/c1-9-35-22(34)31-19(28-20(32)24(4,5)36(6,7)8)14-13-30(23(2,3)18(14)29-31)21(33)27-17-15(25)11-10-12-16(17)26/h10-12H,9,13H2,1-8H3,(H,27,33)(H,28,32). The first-order valence-corrected chi connectivity index (χ1v) is 15.9. The summed E-state index contributed by atoms with van der Waals surface area (Å²) in [6.45, 7) is 15.7. The minimum atomic E-state index is -1.94. The Labute approximate surface area is 222 Å². The smallest absolute Gasteiger partial charge is 0.436 e. The molecule has 0 atom stereocenters. The molecule has 2 heterocycles. The van der Waals surface area contributed by atoms with E-state index in [-0.39, 0.29) is 24.9 Å². The van der Waals surface area contributed by atoms with E-state index in [0.29, 0.717) is 27.0 Å². The Kier molecular flexibility index (Phi) is 7.56. The van der Waals surface area contributed by atoms with Crippen LogP contribution in [0.25, 0.3) is 0 Å². The summed E-state index contributed by atoms with van der Waals surface area (Å²) >= 11 is 12.5. The Balaban J connectivity index is 2.02. The number of carbonyl (C=O) groups excluding carboxylic acids is 3. The van der Waals surface area contributed by atoms with E-state index >= 15 is 0 Å². The first kappa shape index (κ1) is 28.0. The highest BCUT2D eigenvalue weighted by Crippen LogP contribution is 2.44. The molecule has 0 radical (unpaired) electrons. The molecule has 2 aromatic rings. The predicted molar refractivity (Wildman–Crippen MR) is 145 cm³/mol. The maximum atomic E-state index is 13.4. The number of para-hydroxylation sites is 1. The number of amides is 3. The molecule has 0 spiro atoms. The molecule has 1 aromatic carbocycles. The van der Waals surface area contributed by atoms with Gasteiger partial charge in [0.1, 0.15) is 5.82 Å². The van der Waals surface area contributed by atoms with Gasteiger partial charge in [-0.05, 0) is 32.9 Å². The molecule has 1 aliphatic rings. The topological polar surface area (TPSA) is 106 Å². The van der Waals surface area contributed by atoms with Crippen molar-refractivity contribution < 1.29 is 19.1 Å². The Bertz CT molecular complexity index is 1200. The van der Waals surface area contributed by atoms with Crippen molar-refractivity contribution in [3.8, 4) is 0 Å². The van der Waals surface area contributed by atoms with Crippen molar-refractivity contribution in [2.24, 2.45) is 0 Å². The molecule has 0 saturated heterocycles. The fourth-order valence-corrected chi connectivity index (χ4v) is 4.98. The molecule has 0 aliphatic carbocycles. The molecule has 0 fully saturated rings. The highest BCUT2D eigenvalue weighted by molar-refractivity contribution is 6.82. The molecule has 36 heavy (non-hydrogen) atoms. The highest BCUT2D eigenvalue weighted by atomic mass is 35.5. The van der Waals surface area contributed by atoms with Crippen LogP contribution in [-0.2, 0) is 21.6 Å². The van der Waals surface area contributed by atoms with Crippen LogP contribution in [0.4, 0.5) is 21.1 Å². The maximum Gasteiger partial charge on any atom is 0.436 e. The molecular weight excluding hydrogens is 521 g/mol. The second-order valence-corrected chi connectivity index (χ2v) is 17.4. The van der Waals surface area contributed by atoms with Gasteiger partial charge >= 0.3 is 12.1 Å². The highest BCUT2D eigenvalue weighted by Gasteiger charge is 2.48. The van der Waals surface area contributed by atoms with E-state index in [0.717, 1.165) is 4.68 Å². The van der Waals surface area contributed by atoms with E-state index in [4.69, 9.17) is 27.9 Å². The number of aromatic nitrogens is 2. The van der Waals surface area contributed by atoms with Crippen LogP contribution in [0, 0.1) is 0 Å². The number of fused-ring (bicyclic) bond motifs is 1. The van der Waals surface area contributed by atoms with E-state index in [2.05, 4.69) is 35.4 Å². The van der Waals surface area contributed by atoms with Crippen LogP contribution < -0.4 is 10.6 Å². The van der Waals surface area contributed by atoms with Gasteiger partial charge in [-0.25, -0.2) is 9.59 Å². The monoisotopic (exact) mass is 553 g/mol. The van der Waals surface area contributed by atoms with Crippen molar-refractivity contribution in [2.45, 2.75) is 71.4 Å². The van der Waals surface area contributed by atoms with E-state index in [1.54, 1.807) is 30.0 Å². The molecule has 9 nitrogen and oxygen atoms in total. The van der Waals surface area contributed by atoms with Gasteiger partial charge in [0.05, 0.1) is 48.2 Å². The Hall–Kier alpha value is -2.56. The second-order valence-electron chi connectivity index (χ2n) is 10.8. The van der Waals surface area contributed by atoms with Crippen LogP contribution >= 0.6 is 23.2 Å². The van der Waals surface area contributed by atoms with E-state index in [1.807, 2.05) is 27.7 Å². The van der Waals surface area contributed by atoms with Crippen LogP contribution in [0.1, 0.15) is 45.9 Å². The van der Waals surface area contributed by atoms with Crippen LogP contribution in [0.15, 0.2) is 18.2 Å². The summed E-state index contributed by atoms with van der Waals surface area (Å²) in [7, 11) is -1.94. The third-order valence-electron chi connectivity index (χ3n) is 7.11. The quantitative estimate of drug-likeness (QED) is 0.409. The molecule has 1 aliphatic heterocycles. The van der Waals surface area contributed by atoms with Gasteiger partial charge in [-0.2, -0.15) is 5.10 Å². The third kappa shape index (κ3) is 4.86.